The van der Waals surface area contributed by atoms with Crippen LogP contribution in [0.15, 0.2) is 12.1 Å². The van der Waals surface area contributed by atoms with Crippen LogP contribution in [0.3, 0.4) is 0 Å². The molecule has 1 heterocycles. The molecule has 24 heavy (non-hydrogen) atoms. The van der Waals surface area contributed by atoms with Crippen molar-refractivity contribution in [3.8, 4) is 5.75 Å². The largest absolute Gasteiger partial charge is 0.489 e. The van der Waals surface area contributed by atoms with E-state index in [9.17, 15) is 9.18 Å². The number of nitrogens with two attached hydrogens (primary N) is 1. The Labute approximate surface area is 143 Å². The molecule has 1 fully saturated rings. The Hall–Kier alpha value is -1.62. The van der Waals surface area contributed by atoms with Crippen LogP contribution in [-0.4, -0.2) is 36.0 Å². The second-order valence-electron chi connectivity index (χ2n) is 6.97. The quantitative estimate of drug-likeness (QED) is 0.899. The van der Waals surface area contributed by atoms with E-state index in [-0.39, 0.29) is 11.8 Å². The molecular formula is C19H27FN2O2. The van der Waals surface area contributed by atoms with Gasteiger partial charge in [-0.15, -0.1) is 0 Å². The van der Waals surface area contributed by atoms with E-state index in [2.05, 4.69) is 11.8 Å². The van der Waals surface area contributed by atoms with Crippen molar-refractivity contribution < 1.29 is 13.9 Å². The number of hydrogen-bond donors (Lipinski definition) is 1. The van der Waals surface area contributed by atoms with Gasteiger partial charge >= 0.3 is 0 Å². The molecule has 0 spiro atoms. The van der Waals surface area contributed by atoms with Crippen LogP contribution in [0.1, 0.15) is 61.4 Å². The van der Waals surface area contributed by atoms with Gasteiger partial charge in [0.2, 0.25) is 5.91 Å². The van der Waals surface area contributed by atoms with Gasteiger partial charge in [0.05, 0.1) is 0 Å². The maximum absolute atomic E-state index is 14.1. The highest BCUT2D eigenvalue weighted by molar-refractivity contribution is 5.95. The van der Waals surface area contributed by atoms with Crippen molar-refractivity contribution in [3.63, 3.8) is 0 Å². The van der Waals surface area contributed by atoms with Crippen LogP contribution in [0.25, 0.3) is 0 Å². The van der Waals surface area contributed by atoms with Crippen molar-refractivity contribution in [2.45, 2.75) is 64.0 Å². The molecule has 1 saturated carbocycles. The summed E-state index contributed by atoms with van der Waals surface area (Å²) in [4.78, 5) is 14.2. The summed E-state index contributed by atoms with van der Waals surface area (Å²) in [5.74, 6) is -0.717. The summed E-state index contributed by atoms with van der Waals surface area (Å²) in [6.45, 7) is 3.67. The number of amides is 1. The first-order valence-corrected chi connectivity index (χ1v) is 9.11. The monoisotopic (exact) mass is 334 g/mol. The number of carbonyl (C=O) groups excluding carboxylic acids is 1. The normalized spacial score (nSPS) is 21.4. The fraction of sp³-hybridized carbons (Fsp3) is 0.632. The van der Waals surface area contributed by atoms with Crippen molar-refractivity contribution in [3.05, 3.63) is 29.1 Å². The molecule has 1 aliphatic carbocycles. The molecule has 132 valence electrons. The topological polar surface area (TPSA) is 55.6 Å². The van der Waals surface area contributed by atoms with Crippen LogP contribution in [0.5, 0.6) is 5.75 Å². The lowest BCUT2D eigenvalue weighted by Crippen LogP contribution is -2.50. The van der Waals surface area contributed by atoms with Gasteiger partial charge in [0.1, 0.15) is 6.61 Å². The standard InChI is InChI=1S/C19H27FN2O2/c1-2-10-22(13-6-4-3-5-7-13)14-11-16-15(19(21)23)8-9-17(20)18(16)24-12-14/h8-9,13-14H,2-7,10-12H2,1H3,(H2,21,23)/t14-/m0/s1. The second kappa shape index (κ2) is 7.51. The molecule has 5 heteroatoms. The number of primary amides is 1. The molecule has 0 saturated heterocycles. The predicted octanol–water partition coefficient (Wildman–Crippen LogP) is 3.27. The van der Waals surface area contributed by atoms with Crippen molar-refractivity contribution in [1.29, 1.82) is 0 Å². The highest BCUT2D eigenvalue weighted by Gasteiger charge is 2.33. The van der Waals surface area contributed by atoms with Crippen LogP contribution >= 0.6 is 0 Å². The van der Waals surface area contributed by atoms with E-state index in [4.69, 9.17) is 10.5 Å². The lowest BCUT2D eigenvalue weighted by molar-refractivity contribution is 0.0602. The average Bonchev–Trinajstić information content (AvgIpc) is 2.60. The van der Waals surface area contributed by atoms with Crippen molar-refractivity contribution in [2.75, 3.05) is 13.2 Å². The minimum atomic E-state index is -0.518. The Morgan fingerprint density at radius 1 is 1.29 bits per heavy atom. The first-order valence-electron chi connectivity index (χ1n) is 9.11. The highest BCUT2D eigenvalue weighted by atomic mass is 19.1. The van der Waals surface area contributed by atoms with Gasteiger partial charge in [-0.25, -0.2) is 4.39 Å². The van der Waals surface area contributed by atoms with Crippen molar-refractivity contribution >= 4 is 5.91 Å². The SMILES string of the molecule is CCCN(C1CCCCC1)[C@@H]1COc2c(F)ccc(C(N)=O)c2C1. The lowest BCUT2D eigenvalue weighted by Gasteiger charge is -2.42. The fourth-order valence-corrected chi connectivity index (χ4v) is 4.21. The van der Waals surface area contributed by atoms with Gasteiger partial charge in [-0.2, -0.15) is 0 Å². The maximum atomic E-state index is 14.1. The number of carbonyl (C=O) groups is 1. The van der Waals surface area contributed by atoms with E-state index in [1.807, 2.05) is 0 Å². The van der Waals surface area contributed by atoms with E-state index in [0.717, 1.165) is 13.0 Å². The first kappa shape index (κ1) is 17.2. The summed E-state index contributed by atoms with van der Waals surface area (Å²) in [7, 11) is 0. The van der Waals surface area contributed by atoms with Crippen LogP contribution in [0.4, 0.5) is 4.39 Å². The predicted molar refractivity (Wildman–Crippen MR) is 91.8 cm³/mol. The maximum Gasteiger partial charge on any atom is 0.249 e. The Kier molecular flexibility index (Phi) is 5.39. The van der Waals surface area contributed by atoms with Crippen LogP contribution in [-0.2, 0) is 6.42 Å². The summed E-state index contributed by atoms with van der Waals surface area (Å²) in [5, 5.41) is 0. The van der Waals surface area contributed by atoms with E-state index >= 15 is 0 Å². The summed E-state index contributed by atoms with van der Waals surface area (Å²) in [6.07, 6.45) is 8.00. The number of ether oxygens (including phenoxy) is 1. The minimum absolute atomic E-state index is 0.181. The van der Waals surface area contributed by atoms with Gasteiger partial charge < -0.3 is 10.5 Å². The van der Waals surface area contributed by atoms with E-state index in [1.165, 1.54) is 44.2 Å². The van der Waals surface area contributed by atoms with Crippen molar-refractivity contribution in [1.82, 2.24) is 4.90 Å². The van der Waals surface area contributed by atoms with Crippen LogP contribution in [0.2, 0.25) is 0 Å². The Balaban J connectivity index is 1.86. The molecule has 2 aliphatic rings. The fourth-order valence-electron chi connectivity index (χ4n) is 4.21. The van der Waals surface area contributed by atoms with Gasteiger partial charge in [0.15, 0.2) is 11.6 Å². The zero-order valence-corrected chi connectivity index (χ0v) is 14.4. The Morgan fingerprint density at radius 3 is 2.71 bits per heavy atom. The molecule has 4 nitrogen and oxygen atoms in total. The van der Waals surface area contributed by atoms with E-state index < -0.39 is 11.7 Å². The van der Waals surface area contributed by atoms with Crippen LogP contribution < -0.4 is 10.5 Å². The summed E-state index contributed by atoms with van der Waals surface area (Å²) < 4.78 is 19.8. The van der Waals surface area contributed by atoms with Crippen LogP contribution in [0, 0.1) is 5.82 Å². The molecule has 0 unspecified atom stereocenters. The number of fused-ring (bicyclic) bond motifs is 1. The molecular weight excluding hydrogens is 307 g/mol. The third-order valence-corrected chi connectivity index (χ3v) is 5.33. The molecule has 1 aromatic carbocycles. The first-order chi connectivity index (χ1) is 11.6. The molecule has 1 amide bonds. The number of benzene rings is 1. The third-order valence-electron chi connectivity index (χ3n) is 5.33. The molecule has 0 radical (unpaired) electrons. The number of rotatable bonds is 5. The van der Waals surface area contributed by atoms with E-state index in [1.54, 1.807) is 0 Å². The third kappa shape index (κ3) is 3.41. The smallest absolute Gasteiger partial charge is 0.249 e. The van der Waals surface area contributed by atoms with E-state index in [0.29, 0.717) is 30.2 Å². The summed E-state index contributed by atoms with van der Waals surface area (Å²) in [5.41, 5.74) is 6.50. The second-order valence-corrected chi connectivity index (χ2v) is 6.97. The molecule has 0 aromatic heterocycles. The number of nitrogens with zero attached hydrogens (tertiary/aromatic N) is 1. The minimum Gasteiger partial charge on any atom is -0.489 e. The molecule has 1 atom stereocenters. The van der Waals surface area contributed by atoms with Gasteiger partial charge in [-0.05, 0) is 44.4 Å². The lowest BCUT2D eigenvalue weighted by atomic mass is 9.90. The van der Waals surface area contributed by atoms with Gasteiger partial charge in [0, 0.05) is 23.2 Å². The molecule has 0 bridgehead atoms. The van der Waals surface area contributed by atoms with Gasteiger partial charge in [-0.1, -0.05) is 26.2 Å². The molecule has 2 N–H and O–H groups in total. The Morgan fingerprint density at radius 2 is 2.04 bits per heavy atom. The molecule has 1 aliphatic heterocycles. The zero-order chi connectivity index (χ0) is 17.1. The number of halogens is 1. The summed E-state index contributed by atoms with van der Waals surface area (Å²) in [6, 6.07) is 3.50. The molecule has 3 rings (SSSR count). The average molecular weight is 334 g/mol. The zero-order valence-electron chi connectivity index (χ0n) is 14.4. The summed E-state index contributed by atoms with van der Waals surface area (Å²) >= 11 is 0. The molecule has 1 aromatic rings. The van der Waals surface area contributed by atoms with Crippen molar-refractivity contribution in [2.24, 2.45) is 5.73 Å². The van der Waals surface area contributed by atoms with Gasteiger partial charge in [-0.3, -0.25) is 9.69 Å². The number of hydrogen-bond acceptors (Lipinski definition) is 3. The Bertz CT molecular complexity index is 599. The highest BCUT2D eigenvalue weighted by Crippen LogP contribution is 2.34. The van der Waals surface area contributed by atoms with Gasteiger partial charge in [0.25, 0.3) is 0 Å².